The maximum absolute atomic E-state index is 13.8. The van der Waals surface area contributed by atoms with E-state index in [9.17, 15) is 9.18 Å². The molecule has 2 aromatic carbocycles. The van der Waals surface area contributed by atoms with E-state index in [1.54, 1.807) is 35.2 Å². The van der Waals surface area contributed by atoms with Crippen molar-refractivity contribution in [1.29, 1.82) is 0 Å². The van der Waals surface area contributed by atoms with Crippen LogP contribution >= 0.6 is 0 Å². The van der Waals surface area contributed by atoms with E-state index < -0.39 is 0 Å². The molecule has 0 heterocycles. The van der Waals surface area contributed by atoms with Gasteiger partial charge in [0.15, 0.2) is 0 Å². The smallest absolute Gasteiger partial charge is 0.254 e. The quantitative estimate of drug-likeness (QED) is 0.769. The first kappa shape index (κ1) is 14.3. The number of carbonyl (C=O) groups excluding carboxylic acids is 1. The molecule has 0 saturated heterocycles. The van der Waals surface area contributed by atoms with E-state index in [0.29, 0.717) is 22.9 Å². The lowest BCUT2D eigenvalue weighted by atomic mass is 10.0. The Bertz CT molecular complexity index is 648. The van der Waals surface area contributed by atoms with Crippen molar-refractivity contribution in [2.75, 3.05) is 6.54 Å². The summed E-state index contributed by atoms with van der Waals surface area (Å²) >= 11 is 0. The summed E-state index contributed by atoms with van der Waals surface area (Å²) in [4.78, 5) is 14.4. The minimum Gasteiger partial charge on any atom is -0.332 e. The molecule has 3 heteroatoms. The zero-order valence-corrected chi connectivity index (χ0v) is 11.8. The van der Waals surface area contributed by atoms with Gasteiger partial charge in [-0.05, 0) is 31.4 Å². The molecule has 0 N–H and O–H groups in total. The van der Waals surface area contributed by atoms with Crippen LogP contribution in [0.1, 0.15) is 24.2 Å². The number of halogens is 1. The van der Waals surface area contributed by atoms with Gasteiger partial charge in [0.05, 0.1) is 0 Å². The van der Waals surface area contributed by atoms with Gasteiger partial charge >= 0.3 is 0 Å². The van der Waals surface area contributed by atoms with Crippen molar-refractivity contribution in [2.45, 2.75) is 19.9 Å². The Morgan fingerprint density at radius 2 is 1.90 bits per heavy atom. The summed E-state index contributed by atoms with van der Waals surface area (Å²) in [6, 6.07) is 10.0. The molecule has 0 bridgehead atoms. The molecule has 0 aliphatic rings. The Kier molecular flexibility index (Phi) is 4.18. The highest BCUT2D eigenvalue weighted by atomic mass is 19.1. The van der Waals surface area contributed by atoms with E-state index in [2.05, 4.69) is 6.58 Å². The monoisotopic (exact) mass is 271 g/mol. The van der Waals surface area contributed by atoms with E-state index >= 15 is 0 Å². The molecule has 104 valence electrons. The summed E-state index contributed by atoms with van der Waals surface area (Å²) in [5.41, 5.74) is 0.526. The summed E-state index contributed by atoms with van der Waals surface area (Å²) in [6.45, 7) is 8.06. The maximum atomic E-state index is 13.8. The summed E-state index contributed by atoms with van der Waals surface area (Å²) in [5.74, 6) is -0.409. The molecular weight excluding hydrogens is 253 g/mol. The molecule has 0 spiro atoms. The molecule has 1 amide bonds. The van der Waals surface area contributed by atoms with Gasteiger partial charge in [-0.2, -0.15) is 0 Å². The number of fused-ring (bicyclic) bond motifs is 1. The highest BCUT2D eigenvalue weighted by Crippen LogP contribution is 2.23. The molecule has 20 heavy (non-hydrogen) atoms. The summed E-state index contributed by atoms with van der Waals surface area (Å²) in [5, 5.41) is 1.12. The Labute approximate surface area is 118 Å². The molecule has 0 saturated carbocycles. The van der Waals surface area contributed by atoms with Crippen molar-refractivity contribution in [3.8, 4) is 0 Å². The van der Waals surface area contributed by atoms with Crippen molar-refractivity contribution in [3.05, 3.63) is 60.4 Å². The number of amides is 1. The van der Waals surface area contributed by atoms with Gasteiger partial charge in [0, 0.05) is 23.5 Å². The van der Waals surface area contributed by atoms with E-state index in [-0.39, 0.29) is 17.8 Å². The highest BCUT2D eigenvalue weighted by Gasteiger charge is 2.20. The lowest BCUT2D eigenvalue weighted by molar-refractivity contribution is 0.0731. The Balaban J connectivity index is 2.55. The van der Waals surface area contributed by atoms with Crippen molar-refractivity contribution < 1.29 is 9.18 Å². The predicted molar refractivity (Wildman–Crippen MR) is 80.3 cm³/mol. The van der Waals surface area contributed by atoms with Crippen LogP contribution in [-0.2, 0) is 0 Å². The van der Waals surface area contributed by atoms with Crippen LogP contribution in [0.15, 0.2) is 49.1 Å². The van der Waals surface area contributed by atoms with Gasteiger partial charge in [-0.25, -0.2) is 4.39 Å². The first-order chi connectivity index (χ1) is 9.56. The molecule has 0 aromatic heterocycles. The molecule has 2 nitrogen and oxygen atoms in total. The van der Waals surface area contributed by atoms with Crippen LogP contribution in [0, 0.1) is 5.82 Å². The topological polar surface area (TPSA) is 20.3 Å². The Morgan fingerprint density at radius 1 is 1.25 bits per heavy atom. The van der Waals surface area contributed by atoms with Crippen LogP contribution in [0.25, 0.3) is 10.8 Å². The number of nitrogens with zero attached hydrogens (tertiary/aromatic N) is 1. The molecule has 0 radical (unpaired) electrons. The molecule has 2 aromatic rings. The average Bonchev–Trinajstić information content (AvgIpc) is 2.44. The number of benzene rings is 2. The zero-order valence-electron chi connectivity index (χ0n) is 11.8. The average molecular weight is 271 g/mol. The fourth-order valence-corrected chi connectivity index (χ4v) is 2.27. The third-order valence-electron chi connectivity index (χ3n) is 3.31. The van der Waals surface area contributed by atoms with E-state index in [1.165, 1.54) is 6.07 Å². The molecule has 0 fully saturated rings. The third-order valence-corrected chi connectivity index (χ3v) is 3.31. The second-order valence-electron chi connectivity index (χ2n) is 4.98. The number of hydrogen-bond acceptors (Lipinski definition) is 1. The van der Waals surface area contributed by atoms with Crippen molar-refractivity contribution >= 4 is 16.7 Å². The summed E-state index contributed by atoms with van der Waals surface area (Å²) < 4.78 is 13.8. The van der Waals surface area contributed by atoms with Gasteiger partial charge in [-0.3, -0.25) is 4.79 Å². The predicted octanol–water partition coefficient (Wildman–Crippen LogP) is 4.02. The van der Waals surface area contributed by atoms with E-state index in [0.717, 1.165) is 0 Å². The SMILES string of the molecule is C=CCN(C(=O)c1ccc(F)c2ccccc12)C(C)C. The fraction of sp³-hybridized carbons (Fsp3) is 0.235. The standard InChI is InChI=1S/C17H18FNO/c1-4-11-19(12(2)3)17(20)15-9-10-16(18)14-8-6-5-7-13(14)15/h4-10,12H,1,11H2,2-3H3. The van der Waals surface area contributed by atoms with Gasteiger partial charge in [0.1, 0.15) is 5.82 Å². The highest BCUT2D eigenvalue weighted by molar-refractivity contribution is 6.07. The van der Waals surface area contributed by atoms with Crippen LogP contribution in [-0.4, -0.2) is 23.4 Å². The molecule has 0 aliphatic carbocycles. The number of hydrogen-bond donors (Lipinski definition) is 0. The summed E-state index contributed by atoms with van der Waals surface area (Å²) in [6.07, 6.45) is 1.70. The van der Waals surface area contributed by atoms with E-state index in [1.807, 2.05) is 19.9 Å². The Hall–Kier alpha value is -2.16. The maximum Gasteiger partial charge on any atom is 0.254 e. The lowest BCUT2D eigenvalue weighted by Gasteiger charge is -2.26. The zero-order chi connectivity index (χ0) is 14.7. The lowest BCUT2D eigenvalue weighted by Crippen LogP contribution is -2.37. The minimum absolute atomic E-state index is 0.0596. The molecular formula is C17H18FNO. The van der Waals surface area contributed by atoms with Crippen LogP contribution in [0.2, 0.25) is 0 Å². The molecule has 0 unspecified atom stereocenters. The second-order valence-corrected chi connectivity index (χ2v) is 4.98. The van der Waals surface area contributed by atoms with Crippen LogP contribution in [0.5, 0.6) is 0 Å². The van der Waals surface area contributed by atoms with Crippen LogP contribution in [0.3, 0.4) is 0 Å². The fourth-order valence-electron chi connectivity index (χ4n) is 2.27. The molecule has 0 aliphatic heterocycles. The molecule has 0 atom stereocenters. The van der Waals surface area contributed by atoms with Gasteiger partial charge in [0.2, 0.25) is 0 Å². The second kappa shape index (κ2) is 5.87. The Morgan fingerprint density at radius 3 is 2.50 bits per heavy atom. The van der Waals surface area contributed by atoms with Gasteiger partial charge in [-0.15, -0.1) is 6.58 Å². The third kappa shape index (κ3) is 2.57. The van der Waals surface area contributed by atoms with Crippen LogP contribution in [0.4, 0.5) is 4.39 Å². The van der Waals surface area contributed by atoms with Gasteiger partial charge in [0.25, 0.3) is 5.91 Å². The summed E-state index contributed by atoms with van der Waals surface area (Å²) in [7, 11) is 0. The van der Waals surface area contributed by atoms with E-state index in [4.69, 9.17) is 0 Å². The normalized spacial score (nSPS) is 10.8. The largest absolute Gasteiger partial charge is 0.332 e. The number of rotatable bonds is 4. The van der Waals surface area contributed by atoms with Crippen molar-refractivity contribution in [1.82, 2.24) is 4.90 Å². The van der Waals surface area contributed by atoms with Crippen LogP contribution < -0.4 is 0 Å². The van der Waals surface area contributed by atoms with Gasteiger partial charge in [-0.1, -0.05) is 30.3 Å². The van der Waals surface area contributed by atoms with Gasteiger partial charge < -0.3 is 4.90 Å². The van der Waals surface area contributed by atoms with Crippen molar-refractivity contribution in [2.24, 2.45) is 0 Å². The first-order valence-corrected chi connectivity index (χ1v) is 6.65. The molecule has 2 rings (SSSR count). The first-order valence-electron chi connectivity index (χ1n) is 6.65. The minimum atomic E-state index is -0.308. The van der Waals surface area contributed by atoms with Crippen molar-refractivity contribution in [3.63, 3.8) is 0 Å². The number of carbonyl (C=O) groups is 1.